The van der Waals surface area contributed by atoms with Gasteiger partial charge in [-0.15, -0.1) is 0 Å². The summed E-state index contributed by atoms with van der Waals surface area (Å²) in [5.74, 6) is 0. The van der Waals surface area contributed by atoms with Crippen molar-refractivity contribution in [1.82, 2.24) is 0 Å². The molecular formula is H6MoO4P2V. The molecule has 0 heterocycles. The molecule has 0 saturated heterocycles. The topological polar surface area (TPSA) is 77.8 Å². The van der Waals surface area contributed by atoms with Gasteiger partial charge in [-0.25, -0.2) is 4.57 Å². The van der Waals surface area contributed by atoms with Crippen LogP contribution in [0.1, 0.15) is 0 Å². The second-order valence-electron chi connectivity index (χ2n) is 0.513. The molecule has 0 spiro atoms. The quantitative estimate of drug-likeness (QED) is 0.397. The van der Waals surface area contributed by atoms with Crippen molar-refractivity contribution in [2.75, 3.05) is 0 Å². The van der Waals surface area contributed by atoms with Crippen LogP contribution in [0.25, 0.3) is 0 Å². The van der Waals surface area contributed by atoms with Gasteiger partial charge in [0.25, 0.3) is 0 Å². The van der Waals surface area contributed by atoms with E-state index in [1.54, 1.807) is 0 Å². The summed E-state index contributed by atoms with van der Waals surface area (Å²) in [6, 6.07) is 0. The molecule has 0 aromatic rings. The Kier molecular flexibility index (Phi) is 24.8. The molecule has 8 heavy (non-hydrogen) atoms. The Bertz CT molecular complexity index is 60.2. The summed E-state index contributed by atoms with van der Waals surface area (Å²) in [4.78, 5) is 21.6. The Balaban J connectivity index is -0.0000000267. The van der Waals surface area contributed by atoms with Crippen LogP contribution >= 0.6 is 17.7 Å². The van der Waals surface area contributed by atoms with Gasteiger partial charge in [-0.2, -0.15) is 9.90 Å². The number of rotatable bonds is 0. The molecule has 0 bridgehead atoms. The summed E-state index contributed by atoms with van der Waals surface area (Å²) in [6.45, 7) is 0. The maximum absolute atomic E-state index is 8.88. The van der Waals surface area contributed by atoms with E-state index in [0.29, 0.717) is 0 Å². The monoisotopic (exact) mass is 281 g/mol. The predicted octanol–water partition coefficient (Wildman–Crippen LogP) is -0.875. The molecule has 0 aliphatic carbocycles. The van der Waals surface area contributed by atoms with E-state index in [2.05, 4.69) is 0 Å². The van der Waals surface area contributed by atoms with Crippen LogP contribution in [0.3, 0.4) is 0 Å². The summed E-state index contributed by atoms with van der Waals surface area (Å²) in [5, 5.41) is 0. The van der Waals surface area contributed by atoms with Gasteiger partial charge in [-0.05, 0) is 0 Å². The maximum atomic E-state index is 8.88. The smallest absolute Gasteiger partial charge is 0.303 e. The first kappa shape index (κ1) is 22.6. The van der Waals surface area contributed by atoms with Gasteiger partial charge in [0.1, 0.15) is 0 Å². The third-order valence-corrected chi connectivity index (χ3v) is 0. The van der Waals surface area contributed by atoms with Crippen molar-refractivity contribution < 1.29 is 58.9 Å². The Morgan fingerprint density at radius 3 is 1.12 bits per heavy atom. The van der Waals surface area contributed by atoms with E-state index in [4.69, 9.17) is 19.2 Å². The number of phosphoric acid groups is 1. The van der Waals surface area contributed by atoms with Crippen molar-refractivity contribution >= 4 is 17.7 Å². The zero-order valence-electron chi connectivity index (χ0n) is 3.76. The van der Waals surface area contributed by atoms with Crippen LogP contribution in [0, 0.1) is 0 Å². The average molecular weight is 279 g/mol. The zero-order valence-corrected chi connectivity index (χ0v) is 9.47. The fourth-order valence-electron chi connectivity index (χ4n) is 0. The first-order valence-electron chi connectivity index (χ1n) is 0.783. The molecule has 3 N–H and O–H groups in total. The summed E-state index contributed by atoms with van der Waals surface area (Å²) in [7, 11) is -4.64. The number of hydrogen-bond donors (Lipinski definition) is 3. The Morgan fingerprint density at radius 1 is 1.12 bits per heavy atom. The van der Waals surface area contributed by atoms with Gasteiger partial charge in [0, 0.05) is 39.6 Å². The van der Waals surface area contributed by atoms with Crippen molar-refractivity contribution in [3.63, 3.8) is 0 Å². The third kappa shape index (κ3) is 110. The zero-order chi connectivity index (χ0) is 4.50. The Labute approximate surface area is 76.5 Å². The predicted molar refractivity (Wildman–Crippen MR) is 25.4 cm³/mol. The fourth-order valence-corrected chi connectivity index (χ4v) is 0. The summed E-state index contributed by atoms with van der Waals surface area (Å²) < 4.78 is 8.88. The minimum Gasteiger partial charge on any atom is -0.303 e. The van der Waals surface area contributed by atoms with Crippen molar-refractivity contribution in [2.24, 2.45) is 0 Å². The van der Waals surface area contributed by atoms with E-state index in [1.165, 1.54) is 0 Å². The largest absolute Gasteiger partial charge is 0.466 e. The molecule has 0 amide bonds. The van der Waals surface area contributed by atoms with Gasteiger partial charge in [0.05, 0.1) is 0 Å². The van der Waals surface area contributed by atoms with Crippen LogP contribution < -0.4 is 0 Å². The summed E-state index contributed by atoms with van der Waals surface area (Å²) in [5.41, 5.74) is 0. The van der Waals surface area contributed by atoms with Crippen LogP contribution in [0.15, 0.2) is 0 Å². The molecule has 0 aromatic heterocycles. The van der Waals surface area contributed by atoms with Gasteiger partial charge in [0.15, 0.2) is 0 Å². The first-order chi connectivity index (χ1) is 2.00. The van der Waals surface area contributed by atoms with Gasteiger partial charge < -0.3 is 14.7 Å². The van der Waals surface area contributed by atoms with E-state index in [1.807, 2.05) is 0 Å². The van der Waals surface area contributed by atoms with E-state index < -0.39 is 7.82 Å². The Morgan fingerprint density at radius 2 is 1.12 bits per heavy atom. The molecule has 1 atom stereocenters. The normalized spacial score (nSPS) is 7.38. The molecule has 1 unspecified atom stereocenters. The van der Waals surface area contributed by atoms with Gasteiger partial charge >= 0.3 is 7.82 Å². The molecule has 8 heteroatoms. The molecule has 0 saturated carbocycles. The Hall–Kier alpha value is 1.81. The van der Waals surface area contributed by atoms with E-state index in [-0.39, 0.29) is 49.5 Å². The first-order valence-corrected chi connectivity index (χ1v) is 2.35. The molecule has 0 rings (SSSR count). The molecule has 0 aromatic carbocycles. The molecule has 0 aliphatic heterocycles. The fraction of sp³-hybridized carbons (Fsp3) is 0. The molecule has 1 radical (unpaired) electrons. The SMILES string of the molecule is O=P(O)(O)O.P.[Mo].[V]. The molecule has 0 fully saturated rings. The average Bonchev–Trinajstić information content (AvgIpc) is 0.722. The number of hydrogen-bond acceptors (Lipinski definition) is 1. The van der Waals surface area contributed by atoms with Crippen LogP contribution in [0.2, 0.25) is 0 Å². The van der Waals surface area contributed by atoms with E-state index in [0.717, 1.165) is 0 Å². The molecular weight excluding hydrogens is 273 g/mol. The molecule has 0 aliphatic rings. The second kappa shape index (κ2) is 8.81. The van der Waals surface area contributed by atoms with Crippen LogP contribution in [-0.4, -0.2) is 14.7 Å². The van der Waals surface area contributed by atoms with Gasteiger partial charge in [-0.1, -0.05) is 0 Å². The maximum Gasteiger partial charge on any atom is 0.466 e. The van der Waals surface area contributed by atoms with Crippen LogP contribution in [0.4, 0.5) is 0 Å². The third-order valence-electron chi connectivity index (χ3n) is 0. The van der Waals surface area contributed by atoms with Crippen molar-refractivity contribution in [1.29, 1.82) is 0 Å². The van der Waals surface area contributed by atoms with Crippen molar-refractivity contribution in [3.05, 3.63) is 0 Å². The van der Waals surface area contributed by atoms with Crippen molar-refractivity contribution in [3.8, 4) is 0 Å². The van der Waals surface area contributed by atoms with Gasteiger partial charge in [0.2, 0.25) is 0 Å². The summed E-state index contributed by atoms with van der Waals surface area (Å²) >= 11 is 0. The van der Waals surface area contributed by atoms with Crippen molar-refractivity contribution in [2.45, 2.75) is 0 Å². The molecule has 51 valence electrons. The standard InChI is InChI=1S/Mo.H3O4P.H3P.V/c;1-5(2,3)4;;/h;(H3,1,2,3,4);1H3;. The van der Waals surface area contributed by atoms with E-state index in [9.17, 15) is 0 Å². The second-order valence-corrected chi connectivity index (χ2v) is 1.54. The summed E-state index contributed by atoms with van der Waals surface area (Å²) in [6.07, 6.45) is 0. The van der Waals surface area contributed by atoms with E-state index >= 15 is 0 Å². The minimum absolute atomic E-state index is 0. The van der Waals surface area contributed by atoms with Gasteiger partial charge in [-0.3, -0.25) is 0 Å². The van der Waals surface area contributed by atoms with Crippen LogP contribution in [0.5, 0.6) is 0 Å². The molecule has 4 nitrogen and oxygen atoms in total. The minimum atomic E-state index is -4.64. The van der Waals surface area contributed by atoms with Crippen LogP contribution in [-0.2, 0) is 44.2 Å².